The molecule has 0 bridgehead atoms. The van der Waals surface area contributed by atoms with Crippen molar-refractivity contribution >= 4 is 45.9 Å². The number of thioether (sulfide) groups is 1. The molecule has 0 fully saturated rings. The Morgan fingerprint density at radius 3 is 3.33 bits per heavy atom. The van der Waals surface area contributed by atoms with Crippen LogP contribution >= 0.6 is 35.3 Å². The maximum absolute atomic E-state index is 4.87. The Bertz CT molecular complexity index is 268. The Balaban J connectivity index is 2.37. The van der Waals surface area contributed by atoms with Gasteiger partial charge in [-0.15, -0.1) is 11.3 Å². The van der Waals surface area contributed by atoms with Gasteiger partial charge in [-0.3, -0.25) is 5.43 Å². The summed E-state index contributed by atoms with van der Waals surface area (Å²) >= 11 is 7.86. The number of nitrogens with one attached hydrogen (secondary N) is 1. The van der Waals surface area contributed by atoms with E-state index in [1.165, 1.54) is 23.1 Å². The minimum atomic E-state index is 0.654. The molecule has 1 aromatic rings. The molecule has 6 heteroatoms. The third-order valence-corrected chi connectivity index (χ3v) is 2.65. The summed E-state index contributed by atoms with van der Waals surface area (Å²) in [6.07, 6.45) is 3.53. The molecule has 0 aliphatic carbocycles. The topological polar surface area (TPSA) is 37.3 Å². The van der Waals surface area contributed by atoms with Gasteiger partial charge in [0.15, 0.2) is 4.32 Å². The van der Waals surface area contributed by atoms with Gasteiger partial charge in [0.05, 0.1) is 17.4 Å². The predicted molar refractivity (Wildman–Crippen MR) is 59.0 cm³/mol. The van der Waals surface area contributed by atoms with E-state index in [1.54, 1.807) is 11.7 Å². The minimum absolute atomic E-state index is 0.654. The van der Waals surface area contributed by atoms with Crippen LogP contribution in [0.25, 0.3) is 0 Å². The lowest BCUT2D eigenvalue weighted by molar-refractivity contribution is 1.07. The van der Waals surface area contributed by atoms with Crippen molar-refractivity contribution in [3.05, 3.63) is 16.6 Å². The first-order chi connectivity index (χ1) is 5.83. The van der Waals surface area contributed by atoms with Crippen molar-refractivity contribution in [1.82, 2.24) is 10.4 Å². The summed E-state index contributed by atoms with van der Waals surface area (Å²) in [6, 6.07) is 0. The van der Waals surface area contributed by atoms with Crippen LogP contribution in [0.4, 0.5) is 0 Å². The Labute approximate surface area is 84.3 Å². The van der Waals surface area contributed by atoms with Crippen molar-refractivity contribution in [2.24, 2.45) is 5.10 Å². The molecule has 0 aliphatic heterocycles. The van der Waals surface area contributed by atoms with Crippen LogP contribution < -0.4 is 5.43 Å². The lowest BCUT2D eigenvalue weighted by Gasteiger charge is -1.94. The number of hydrogen-bond donors (Lipinski definition) is 1. The summed E-state index contributed by atoms with van der Waals surface area (Å²) in [4.78, 5) is 4.02. The highest BCUT2D eigenvalue weighted by atomic mass is 32.2. The maximum Gasteiger partial charge on any atom is 0.153 e. The molecule has 64 valence electrons. The number of hydrazone groups is 1. The van der Waals surface area contributed by atoms with Gasteiger partial charge in [-0.05, 0) is 6.26 Å². The monoisotopic (exact) mass is 217 g/mol. The Morgan fingerprint density at radius 1 is 1.92 bits per heavy atom. The highest BCUT2D eigenvalue weighted by molar-refractivity contribution is 8.22. The van der Waals surface area contributed by atoms with Crippen molar-refractivity contribution in [2.45, 2.75) is 0 Å². The van der Waals surface area contributed by atoms with Crippen LogP contribution in [0.1, 0.15) is 5.69 Å². The molecule has 0 saturated carbocycles. The van der Waals surface area contributed by atoms with Crippen molar-refractivity contribution in [2.75, 3.05) is 6.26 Å². The maximum atomic E-state index is 4.87. The van der Waals surface area contributed by atoms with Gasteiger partial charge in [-0.1, -0.05) is 24.0 Å². The number of rotatable bonds is 2. The van der Waals surface area contributed by atoms with Crippen LogP contribution in [0.3, 0.4) is 0 Å². The zero-order valence-corrected chi connectivity index (χ0v) is 8.80. The van der Waals surface area contributed by atoms with Gasteiger partial charge in [0.1, 0.15) is 0 Å². The molecule has 1 heterocycles. The van der Waals surface area contributed by atoms with E-state index in [1.807, 2.05) is 11.6 Å². The van der Waals surface area contributed by atoms with Gasteiger partial charge in [-0.25, -0.2) is 4.98 Å². The van der Waals surface area contributed by atoms with Crippen molar-refractivity contribution < 1.29 is 0 Å². The number of thiocarbonyl (C=S) groups is 1. The van der Waals surface area contributed by atoms with Crippen LogP contribution in [0.5, 0.6) is 0 Å². The Kier molecular flexibility index (Phi) is 4.20. The highest BCUT2D eigenvalue weighted by Gasteiger charge is 1.89. The largest absolute Gasteiger partial charge is 0.262 e. The molecule has 0 unspecified atom stereocenters. The van der Waals surface area contributed by atoms with Gasteiger partial charge >= 0.3 is 0 Å². The molecule has 0 atom stereocenters. The SMILES string of the molecule is CSC(=S)N/N=C/c1cscn1. The second-order valence-electron chi connectivity index (χ2n) is 1.77. The van der Waals surface area contributed by atoms with E-state index in [0.717, 1.165) is 5.69 Å². The fraction of sp³-hybridized carbons (Fsp3) is 0.167. The normalized spacial score (nSPS) is 10.4. The zero-order valence-electron chi connectivity index (χ0n) is 6.35. The van der Waals surface area contributed by atoms with E-state index in [4.69, 9.17) is 12.2 Å². The summed E-state index contributed by atoms with van der Waals surface area (Å²) in [5, 5.41) is 5.80. The Hall–Kier alpha value is -0.460. The summed E-state index contributed by atoms with van der Waals surface area (Å²) in [6.45, 7) is 0. The molecule has 1 N–H and O–H groups in total. The van der Waals surface area contributed by atoms with Crippen LogP contribution in [-0.4, -0.2) is 21.8 Å². The first kappa shape index (κ1) is 9.63. The fourth-order valence-corrected chi connectivity index (χ4v) is 1.18. The molecule has 0 radical (unpaired) electrons. The molecule has 0 amide bonds. The van der Waals surface area contributed by atoms with Gasteiger partial charge in [0, 0.05) is 5.38 Å². The molecular formula is C6H7N3S3. The van der Waals surface area contributed by atoms with Crippen LogP contribution in [0.2, 0.25) is 0 Å². The van der Waals surface area contributed by atoms with E-state index >= 15 is 0 Å². The minimum Gasteiger partial charge on any atom is -0.262 e. The first-order valence-corrected chi connectivity index (χ1v) is 5.65. The molecule has 1 rings (SSSR count). The zero-order chi connectivity index (χ0) is 8.81. The van der Waals surface area contributed by atoms with Crippen molar-refractivity contribution in [1.29, 1.82) is 0 Å². The predicted octanol–water partition coefficient (Wildman–Crippen LogP) is 1.71. The molecule has 12 heavy (non-hydrogen) atoms. The summed E-state index contributed by atoms with van der Waals surface area (Å²) < 4.78 is 0.654. The quantitative estimate of drug-likeness (QED) is 0.465. The van der Waals surface area contributed by atoms with Gasteiger partial charge in [-0.2, -0.15) is 5.10 Å². The van der Waals surface area contributed by atoms with Crippen LogP contribution in [0.15, 0.2) is 16.0 Å². The number of aromatic nitrogens is 1. The third kappa shape index (κ3) is 3.29. The molecule has 3 nitrogen and oxygen atoms in total. The van der Waals surface area contributed by atoms with Crippen LogP contribution in [-0.2, 0) is 0 Å². The molecule has 0 aromatic carbocycles. The third-order valence-electron chi connectivity index (χ3n) is 0.989. The number of nitrogens with zero attached hydrogens (tertiary/aromatic N) is 2. The number of thiazole rings is 1. The Morgan fingerprint density at radius 2 is 2.75 bits per heavy atom. The second-order valence-corrected chi connectivity index (χ2v) is 3.98. The van der Waals surface area contributed by atoms with Crippen molar-refractivity contribution in [3.63, 3.8) is 0 Å². The smallest absolute Gasteiger partial charge is 0.153 e. The van der Waals surface area contributed by atoms with E-state index in [9.17, 15) is 0 Å². The van der Waals surface area contributed by atoms with Gasteiger partial charge < -0.3 is 0 Å². The highest BCUT2D eigenvalue weighted by Crippen LogP contribution is 1.97. The van der Waals surface area contributed by atoms with Crippen LogP contribution in [0, 0.1) is 0 Å². The molecule has 1 aromatic heterocycles. The van der Waals surface area contributed by atoms with E-state index < -0.39 is 0 Å². The lowest BCUT2D eigenvalue weighted by Crippen LogP contribution is -2.10. The summed E-state index contributed by atoms with van der Waals surface area (Å²) in [5.74, 6) is 0. The van der Waals surface area contributed by atoms with Crippen molar-refractivity contribution in [3.8, 4) is 0 Å². The van der Waals surface area contributed by atoms with E-state index in [0.29, 0.717) is 4.32 Å². The fourth-order valence-electron chi connectivity index (χ4n) is 0.482. The average molecular weight is 217 g/mol. The van der Waals surface area contributed by atoms with Gasteiger partial charge in [0.25, 0.3) is 0 Å². The average Bonchev–Trinajstić information content (AvgIpc) is 2.57. The lowest BCUT2D eigenvalue weighted by atomic mass is 10.6. The molecule has 0 saturated heterocycles. The number of hydrogen-bond acceptors (Lipinski definition) is 5. The summed E-state index contributed by atoms with van der Waals surface area (Å²) in [5.41, 5.74) is 5.30. The summed E-state index contributed by atoms with van der Waals surface area (Å²) in [7, 11) is 0. The second kappa shape index (κ2) is 5.23. The molecule has 0 aliphatic rings. The van der Waals surface area contributed by atoms with E-state index in [2.05, 4.69) is 15.5 Å². The first-order valence-electron chi connectivity index (χ1n) is 3.08. The van der Waals surface area contributed by atoms with E-state index in [-0.39, 0.29) is 0 Å². The standard InChI is InChI=1S/C6H7N3S3/c1-11-6(10)9-8-2-5-3-12-4-7-5/h2-4H,1H3,(H,9,10)/b8-2+. The molecular weight excluding hydrogens is 210 g/mol. The van der Waals surface area contributed by atoms with Gasteiger partial charge in [0.2, 0.25) is 0 Å². The molecule has 0 spiro atoms.